The highest BCUT2D eigenvalue weighted by Crippen LogP contribution is 2.20. The van der Waals surface area contributed by atoms with E-state index in [9.17, 15) is 4.79 Å². The van der Waals surface area contributed by atoms with Gasteiger partial charge in [0.25, 0.3) is 5.91 Å². The Labute approximate surface area is 130 Å². The standard InChI is InChI=1S/C16H23BrN2O/c1-4-19-9-5-6-14(19)11-18(3)16(20)13-8-7-12(2)15(17)10-13/h7-8,10,14H,4-6,9,11H2,1-3H3. The smallest absolute Gasteiger partial charge is 0.253 e. The van der Waals surface area contributed by atoms with Crippen LogP contribution < -0.4 is 0 Å². The number of aryl methyl sites for hydroxylation is 1. The first-order valence-corrected chi connectivity index (χ1v) is 8.08. The van der Waals surface area contributed by atoms with E-state index in [0.717, 1.165) is 28.7 Å². The van der Waals surface area contributed by atoms with Crippen molar-refractivity contribution < 1.29 is 4.79 Å². The van der Waals surface area contributed by atoms with Crippen molar-refractivity contribution in [3.8, 4) is 0 Å². The molecule has 1 unspecified atom stereocenters. The van der Waals surface area contributed by atoms with Gasteiger partial charge in [0.1, 0.15) is 0 Å². The molecule has 4 heteroatoms. The van der Waals surface area contributed by atoms with Crippen molar-refractivity contribution >= 4 is 21.8 Å². The number of hydrogen-bond acceptors (Lipinski definition) is 2. The van der Waals surface area contributed by atoms with Gasteiger partial charge in [0.05, 0.1) is 0 Å². The molecule has 1 aromatic rings. The lowest BCUT2D eigenvalue weighted by Crippen LogP contribution is -2.41. The number of carbonyl (C=O) groups is 1. The molecule has 1 aromatic carbocycles. The van der Waals surface area contributed by atoms with Crippen molar-refractivity contribution in [2.75, 3.05) is 26.7 Å². The third-order valence-corrected chi connectivity index (χ3v) is 5.01. The average molecular weight is 339 g/mol. The highest BCUT2D eigenvalue weighted by molar-refractivity contribution is 9.10. The molecule has 0 saturated carbocycles. The van der Waals surface area contributed by atoms with Gasteiger partial charge in [0.15, 0.2) is 0 Å². The summed E-state index contributed by atoms with van der Waals surface area (Å²) in [5, 5.41) is 0. The number of hydrogen-bond donors (Lipinski definition) is 0. The molecule has 1 fully saturated rings. The van der Waals surface area contributed by atoms with Crippen molar-refractivity contribution in [2.24, 2.45) is 0 Å². The van der Waals surface area contributed by atoms with Crippen LogP contribution in [-0.4, -0.2) is 48.4 Å². The molecule has 0 aliphatic carbocycles. The summed E-state index contributed by atoms with van der Waals surface area (Å²) in [6.45, 7) is 7.27. The molecule has 2 rings (SSSR count). The monoisotopic (exact) mass is 338 g/mol. The van der Waals surface area contributed by atoms with Crippen LogP contribution >= 0.6 is 15.9 Å². The van der Waals surface area contributed by atoms with Crippen LogP contribution in [0.2, 0.25) is 0 Å². The van der Waals surface area contributed by atoms with E-state index in [1.54, 1.807) is 0 Å². The normalized spacial score (nSPS) is 19.3. The Morgan fingerprint density at radius 2 is 2.25 bits per heavy atom. The van der Waals surface area contributed by atoms with Gasteiger partial charge in [-0.2, -0.15) is 0 Å². The maximum absolute atomic E-state index is 12.5. The van der Waals surface area contributed by atoms with E-state index in [-0.39, 0.29) is 5.91 Å². The molecule has 0 N–H and O–H groups in total. The first-order chi connectivity index (χ1) is 9.52. The number of carbonyl (C=O) groups excluding carboxylic acids is 1. The van der Waals surface area contributed by atoms with E-state index < -0.39 is 0 Å². The molecule has 1 aliphatic heterocycles. The predicted molar refractivity (Wildman–Crippen MR) is 86.1 cm³/mol. The summed E-state index contributed by atoms with van der Waals surface area (Å²) in [4.78, 5) is 16.8. The zero-order valence-corrected chi connectivity index (χ0v) is 14.1. The summed E-state index contributed by atoms with van der Waals surface area (Å²) < 4.78 is 0.993. The molecular weight excluding hydrogens is 316 g/mol. The van der Waals surface area contributed by atoms with Crippen LogP contribution in [0.3, 0.4) is 0 Å². The van der Waals surface area contributed by atoms with Gasteiger partial charge in [0.2, 0.25) is 0 Å². The van der Waals surface area contributed by atoms with Crippen LogP contribution in [0.1, 0.15) is 35.7 Å². The van der Waals surface area contributed by atoms with Gasteiger partial charge in [0, 0.05) is 29.7 Å². The topological polar surface area (TPSA) is 23.6 Å². The second-order valence-corrected chi connectivity index (χ2v) is 6.43. The molecule has 0 spiro atoms. The Balaban J connectivity index is 2.03. The Hall–Kier alpha value is -0.870. The van der Waals surface area contributed by atoms with E-state index >= 15 is 0 Å². The van der Waals surface area contributed by atoms with Gasteiger partial charge < -0.3 is 4.90 Å². The van der Waals surface area contributed by atoms with Crippen molar-refractivity contribution in [3.05, 3.63) is 33.8 Å². The highest BCUT2D eigenvalue weighted by atomic mass is 79.9. The molecule has 0 radical (unpaired) electrons. The van der Waals surface area contributed by atoms with E-state index in [1.165, 1.54) is 19.4 Å². The molecule has 0 aromatic heterocycles. The van der Waals surface area contributed by atoms with Gasteiger partial charge in [-0.15, -0.1) is 0 Å². The number of likely N-dealkylation sites (N-methyl/N-ethyl adjacent to an activating group) is 2. The molecule has 3 nitrogen and oxygen atoms in total. The van der Waals surface area contributed by atoms with Gasteiger partial charge in [-0.25, -0.2) is 0 Å². The lowest BCUT2D eigenvalue weighted by molar-refractivity contribution is 0.0754. The molecule has 1 atom stereocenters. The van der Waals surface area contributed by atoms with Crippen LogP contribution in [0.4, 0.5) is 0 Å². The molecule has 110 valence electrons. The molecular formula is C16H23BrN2O. The predicted octanol–water partition coefficient (Wildman–Crippen LogP) is 3.31. The quantitative estimate of drug-likeness (QED) is 0.840. The highest BCUT2D eigenvalue weighted by Gasteiger charge is 2.25. The maximum Gasteiger partial charge on any atom is 0.253 e. The number of benzene rings is 1. The molecule has 1 aliphatic rings. The fourth-order valence-electron chi connectivity index (χ4n) is 2.86. The third-order valence-electron chi connectivity index (χ3n) is 4.16. The number of nitrogens with zero attached hydrogens (tertiary/aromatic N) is 2. The van der Waals surface area contributed by atoms with E-state index in [0.29, 0.717) is 6.04 Å². The molecule has 20 heavy (non-hydrogen) atoms. The Morgan fingerprint density at radius 1 is 1.50 bits per heavy atom. The van der Waals surface area contributed by atoms with E-state index in [2.05, 4.69) is 27.8 Å². The fraction of sp³-hybridized carbons (Fsp3) is 0.562. The molecule has 1 heterocycles. The van der Waals surface area contributed by atoms with Crippen LogP contribution in [0.5, 0.6) is 0 Å². The zero-order chi connectivity index (χ0) is 14.7. The van der Waals surface area contributed by atoms with Gasteiger partial charge in [-0.05, 0) is 50.6 Å². The minimum atomic E-state index is 0.105. The van der Waals surface area contributed by atoms with Crippen LogP contribution in [0, 0.1) is 6.92 Å². The average Bonchev–Trinajstić information content (AvgIpc) is 2.88. The summed E-state index contributed by atoms with van der Waals surface area (Å²) in [7, 11) is 1.91. The summed E-state index contributed by atoms with van der Waals surface area (Å²) in [6, 6.07) is 6.33. The van der Waals surface area contributed by atoms with Crippen LogP contribution in [-0.2, 0) is 0 Å². The number of amides is 1. The minimum Gasteiger partial charge on any atom is -0.340 e. The fourth-order valence-corrected chi connectivity index (χ4v) is 3.24. The van der Waals surface area contributed by atoms with Gasteiger partial charge in [-0.3, -0.25) is 9.69 Å². The SMILES string of the molecule is CCN1CCCC1CN(C)C(=O)c1ccc(C)c(Br)c1. The van der Waals surface area contributed by atoms with Crippen LogP contribution in [0.15, 0.2) is 22.7 Å². The number of rotatable bonds is 4. The number of halogens is 1. The van der Waals surface area contributed by atoms with Gasteiger partial charge >= 0.3 is 0 Å². The first-order valence-electron chi connectivity index (χ1n) is 7.28. The van der Waals surface area contributed by atoms with Crippen molar-refractivity contribution in [1.82, 2.24) is 9.80 Å². The van der Waals surface area contributed by atoms with Crippen molar-refractivity contribution in [1.29, 1.82) is 0 Å². The Morgan fingerprint density at radius 3 is 2.90 bits per heavy atom. The third kappa shape index (κ3) is 3.41. The summed E-state index contributed by atoms with van der Waals surface area (Å²) >= 11 is 3.49. The lowest BCUT2D eigenvalue weighted by Gasteiger charge is -2.27. The largest absolute Gasteiger partial charge is 0.340 e. The van der Waals surface area contributed by atoms with Gasteiger partial charge in [-0.1, -0.05) is 28.9 Å². The van der Waals surface area contributed by atoms with Crippen LogP contribution in [0.25, 0.3) is 0 Å². The molecule has 1 amide bonds. The second-order valence-electron chi connectivity index (χ2n) is 5.57. The van der Waals surface area contributed by atoms with Crippen molar-refractivity contribution in [3.63, 3.8) is 0 Å². The first kappa shape index (κ1) is 15.5. The summed E-state index contributed by atoms with van der Waals surface area (Å²) in [6.07, 6.45) is 2.44. The van der Waals surface area contributed by atoms with E-state index in [1.807, 2.05) is 37.1 Å². The summed E-state index contributed by atoms with van der Waals surface area (Å²) in [5.41, 5.74) is 1.91. The van der Waals surface area contributed by atoms with E-state index in [4.69, 9.17) is 0 Å². The minimum absolute atomic E-state index is 0.105. The lowest BCUT2D eigenvalue weighted by atomic mass is 10.1. The Kier molecular flexibility index (Phi) is 5.22. The Bertz CT molecular complexity index is 489. The number of likely N-dealkylation sites (tertiary alicyclic amines) is 1. The molecule has 0 bridgehead atoms. The van der Waals surface area contributed by atoms with Crippen molar-refractivity contribution in [2.45, 2.75) is 32.7 Å². The zero-order valence-electron chi connectivity index (χ0n) is 12.5. The maximum atomic E-state index is 12.5. The second kappa shape index (κ2) is 6.72. The molecule has 1 saturated heterocycles. The summed E-state index contributed by atoms with van der Waals surface area (Å²) in [5.74, 6) is 0.105.